The summed E-state index contributed by atoms with van der Waals surface area (Å²) in [5.74, 6) is 0.440. The Kier molecular flexibility index (Phi) is 5.46. The number of aromatic nitrogens is 1. The van der Waals surface area contributed by atoms with Crippen LogP contribution in [-0.2, 0) is 23.2 Å². The first-order chi connectivity index (χ1) is 9.97. The molecule has 0 aliphatic heterocycles. The highest BCUT2D eigenvalue weighted by molar-refractivity contribution is 7.89. The summed E-state index contributed by atoms with van der Waals surface area (Å²) in [6, 6.07) is 1.53. The Morgan fingerprint density at radius 2 is 2.10 bits per heavy atom. The minimum Gasteiger partial charge on any atom is -0.390 e. The fourth-order valence-electron chi connectivity index (χ4n) is 3.12. The standard InChI is InChI=1S/C15H26N2O3S/c1-3-8-17-10-15(9-14(17)11-18)21(19,20)16-12(2)13-6-4-5-7-13/h9-10,12-13,16,18H,3-8,11H2,1-2H3. The van der Waals surface area contributed by atoms with Gasteiger partial charge in [-0.3, -0.25) is 0 Å². The Balaban J connectivity index is 2.14. The predicted octanol–water partition coefficient (Wildman–Crippen LogP) is 2.25. The number of hydrogen-bond acceptors (Lipinski definition) is 3. The van der Waals surface area contributed by atoms with Gasteiger partial charge < -0.3 is 9.67 Å². The van der Waals surface area contributed by atoms with Crippen molar-refractivity contribution >= 4 is 10.0 Å². The lowest BCUT2D eigenvalue weighted by Gasteiger charge is -2.19. The summed E-state index contributed by atoms with van der Waals surface area (Å²) in [6.07, 6.45) is 7.10. The maximum atomic E-state index is 12.5. The van der Waals surface area contributed by atoms with Crippen molar-refractivity contribution in [2.75, 3.05) is 0 Å². The monoisotopic (exact) mass is 314 g/mol. The molecule has 1 unspecified atom stereocenters. The molecule has 1 aliphatic rings. The molecule has 2 N–H and O–H groups in total. The third-order valence-electron chi connectivity index (χ3n) is 4.35. The lowest BCUT2D eigenvalue weighted by Crippen LogP contribution is -2.37. The molecule has 1 aliphatic carbocycles. The molecule has 2 rings (SSSR count). The number of nitrogens with one attached hydrogen (secondary N) is 1. The van der Waals surface area contributed by atoms with E-state index < -0.39 is 10.0 Å². The predicted molar refractivity (Wildman–Crippen MR) is 82.4 cm³/mol. The van der Waals surface area contributed by atoms with E-state index in [1.165, 1.54) is 12.8 Å². The number of aliphatic hydroxyl groups is 1. The van der Waals surface area contributed by atoms with Crippen LogP contribution < -0.4 is 4.72 Å². The second kappa shape index (κ2) is 6.94. The highest BCUT2D eigenvalue weighted by Crippen LogP contribution is 2.28. The highest BCUT2D eigenvalue weighted by Gasteiger charge is 2.27. The number of aryl methyl sites for hydroxylation is 1. The maximum Gasteiger partial charge on any atom is 0.242 e. The zero-order valence-electron chi connectivity index (χ0n) is 12.9. The van der Waals surface area contributed by atoms with Gasteiger partial charge in [-0.25, -0.2) is 13.1 Å². The van der Waals surface area contributed by atoms with E-state index >= 15 is 0 Å². The molecule has 21 heavy (non-hydrogen) atoms. The Morgan fingerprint density at radius 1 is 1.43 bits per heavy atom. The molecule has 1 aromatic rings. The van der Waals surface area contributed by atoms with Crippen molar-refractivity contribution in [3.8, 4) is 0 Å². The molecular formula is C15H26N2O3S. The second-order valence-electron chi connectivity index (χ2n) is 5.97. The third kappa shape index (κ3) is 3.87. The van der Waals surface area contributed by atoms with E-state index in [4.69, 9.17) is 0 Å². The summed E-state index contributed by atoms with van der Waals surface area (Å²) < 4.78 is 29.6. The van der Waals surface area contributed by atoms with Crippen LogP contribution in [-0.4, -0.2) is 24.1 Å². The summed E-state index contributed by atoms with van der Waals surface area (Å²) in [6.45, 7) is 4.54. The number of nitrogens with zero attached hydrogens (tertiary/aromatic N) is 1. The largest absolute Gasteiger partial charge is 0.390 e. The van der Waals surface area contributed by atoms with Gasteiger partial charge in [-0.05, 0) is 38.2 Å². The molecule has 0 radical (unpaired) electrons. The van der Waals surface area contributed by atoms with Crippen molar-refractivity contribution in [3.05, 3.63) is 18.0 Å². The average molecular weight is 314 g/mol. The maximum absolute atomic E-state index is 12.5. The Bertz CT molecular complexity index is 559. The molecule has 0 bridgehead atoms. The van der Waals surface area contributed by atoms with E-state index in [1.807, 2.05) is 18.4 Å². The molecule has 1 heterocycles. The molecule has 6 heteroatoms. The molecule has 0 saturated heterocycles. The molecule has 0 aromatic carbocycles. The zero-order valence-corrected chi connectivity index (χ0v) is 13.7. The van der Waals surface area contributed by atoms with Gasteiger partial charge in [0.15, 0.2) is 0 Å². The van der Waals surface area contributed by atoms with Crippen LogP contribution in [0.25, 0.3) is 0 Å². The summed E-state index contributed by atoms with van der Waals surface area (Å²) in [7, 11) is -3.51. The summed E-state index contributed by atoms with van der Waals surface area (Å²) in [5, 5.41) is 9.34. The quantitative estimate of drug-likeness (QED) is 0.811. The molecule has 1 saturated carbocycles. The van der Waals surface area contributed by atoms with Gasteiger partial charge in [0.05, 0.1) is 11.5 Å². The second-order valence-corrected chi connectivity index (χ2v) is 7.69. The van der Waals surface area contributed by atoms with Gasteiger partial charge in [0, 0.05) is 24.5 Å². The van der Waals surface area contributed by atoms with Crippen LogP contribution in [0.4, 0.5) is 0 Å². The first-order valence-corrected chi connectivity index (χ1v) is 9.28. The summed E-state index contributed by atoms with van der Waals surface area (Å²) in [4.78, 5) is 0.254. The van der Waals surface area contributed by atoms with Crippen LogP contribution >= 0.6 is 0 Å². The van der Waals surface area contributed by atoms with E-state index in [1.54, 1.807) is 12.3 Å². The minimum atomic E-state index is -3.51. The van der Waals surface area contributed by atoms with Gasteiger partial charge in [0.2, 0.25) is 10.0 Å². The van der Waals surface area contributed by atoms with Crippen LogP contribution in [0, 0.1) is 5.92 Å². The Morgan fingerprint density at radius 3 is 2.67 bits per heavy atom. The van der Waals surface area contributed by atoms with Crippen molar-refractivity contribution < 1.29 is 13.5 Å². The normalized spacial score (nSPS) is 18.2. The van der Waals surface area contributed by atoms with Gasteiger partial charge >= 0.3 is 0 Å². The van der Waals surface area contributed by atoms with Gasteiger partial charge in [-0.15, -0.1) is 0 Å². The smallest absolute Gasteiger partial charge is 0.242 e. The third-order valence-corrected chi connectivity index (χ3v) is 5.87. The van der Waals surface area contributed by atoms with Gasteiger partial charge in [0.1, 0.15) is 0 Å². The van der Waals surface area contributed by atoms with Crippen molar-refractivity contribution in [2.45, 2.75) is 70.0 Å². The number of sulfonamides is 1. The van der Waals surface area contributed by atoms with E-state index in [0.717, 1.165) is 19.3 Å². The number of rotatable bonds is 7. The van der Waals surface area contributed by atoms with Gasteiger partial charge in [0.25, 0.3) is 0 Å². The molecule has 1 fully saturated rings. The molecule has 120 valence electrons. The molecule has 1 atom stereocenters. The van der Waals surface area contributed by atoms with Crippen LogP contribution in [0.15, 0.2) is 17.2 Å². The average Bonchev–Trinajstić information content (AvgIpc) is 3.08. The summed E-state index contributed by atoms with van der Waals surface area (Å²) >= 11 is 0. The van der Waals surface area contributed by atoms with E-state index in [0.29, 0.717) is 18.2 Å². The first kappa shape index (κ1) is 16.5. The topological polar surface area (TPSA) is 71.3 Å². The molecule has 1 aromatic heterocycles. The van der Waals surface area contributed by atoms with E-state index in [2.05, 4.69) is 4.72 Å². The van der Waals surface area contributed by atoms with Crippen molar-refractivity contribution in [1.29, 1.82) is 0 Å². The van der Waals surface area contributed by atoms with Crippen LogP contribution in [0.5, 0.6) is 0 Å². The molecular weight excluding hydrogens is 288 g/mol. The van der Waals surface area contributed by atoms with E-state index in [-0.39, 0.29) is 17.5 Å². The zero-order chi connectivity index (χ0) is 15.5. The Labute approximate surface area is 127 Å². The Hall–Kier alpha value is -0.850. The lowest BCUT2D eigenvalue weighted by molar-refractivity contribution is 0.270. The van der Waals surface area contributed by atoms with Gasteiger partial charge in [-0.2, -0.15) is 0 Å². The SMILES string of the molecule is CCCn1cc(S(=O)(=O)NC(C)C2CCCC2)cc1CO. The van der Waals surface area contributed by atoms with Crippen molar-refractivity contribution in [3.63, 3.8) is 0 Å². The fraction of sp³-hybridized carbons (Fsp3) is 0.733. The van der Waals surface area contributed by atoms with Crippen molar-refractivity contribution in [2.24, 2.45) is 5.92 Å². The fourth-order valence-corrected chi connectivity index (χ4v) is 4.49. The van der Waals surface area contributed by atoms with Crippen LogP contribution in [0.1, 0.15) is 51.6 Å². The summed E-state index contributed by atoms with van der Waals surface area (Å²) in [5.41, 5.74) is 0.644. The molecule has 0 spiro atoms. The molecule has 0 amide bonds. The van der Waals surface area contributed by atoms with Crippen molar-refractivity contribution in [1.82, 2.24) is 9.29 Å². The molecule has 5 nitrogen and oxygen atoms in total. The minimum absolute atomic E-state index is 0.0374. The lowest BCUT2D eigenvalue weighted by atomic mass is 10.0. The van der Waals surface area contributed by atoms with Gasteiger partial charge in [-0.1, -0.05) is 19.8 Å². The van der Waals surface area contributed by atoms with Crippen LogP contribution in [0.2, 0.25) is 0 Å². The number of aliphatic hydroxyl groups excluding tert-OH is 1. The van der Waals surface area contributed by atoms with E-state index in [9.17, 15) is 13.5 Å². The first-order valence-electron chi connectivity index (χ1n) is 7.80. The highest BCUT2D eigenvalue weighted by atomic mass is 32.2. The number of hydrogen-bond donors (Lipinski definition) is 2. The van der Waals surface area contributed by atoms with Crippen LogP contribution in [0.3, 0.4) is 0 Å².